The Hall–Kier alpha value is -1.51. The van der Waals surface area contributed by atoms with E-state index in [4.69, 9.17) is 18.5 Å². The molecule has 0 spiro atoms. The summed E-state index contributed by atoms with van der Waals surface area (Å²) >= 11 is 0. The van der Waals surface area contributed by atoms with Crippen LogP contribution in [0.2, 0.25) is 0 Å². The second-order valence-electron chi connectivity index (χ2n) is 21.4. The number of allylic oxidation sites excluding steroid dienone is 4. The molecule has 0 amide bonds. The molecule has 10 heteroatoms. The normalized spacial score (nSPS) is 13.4. The first-order chi connectivity index (χ1) is 33.5. The summed E-state index contributed by atoms with van der Waals surface area (Å²) in [5, 5.41) is 0. The number of rotatable bonds is 55. The summed E-state index contributed by atoms with van der Waals surface area (Å²) in [7, 11) is 1.17. The van der Waals surface area contributed by atoms with E-state index < -0.39 is 26.5 Å². The molecule has 2 atom stereocenters. The lowest BCUT2D eigenvalue weighted by molar-refractivity contribution is -0.870. The monoisotopic (exact) mass is 996 g/mol. The molecule has 0 saturated heterocycles. The van der Waals surface area contributed by atoms with Gasteiger partial charge in [0.2, 0.25) is 0 Å². The quantitative estimate of drug-likeness (QED) is 0.0195. The fourth-order valence-electron chi connectivity index (χ4n) is 8.59. The highest BCUT2D eigenvalue weighted by atomic mass is 31.2. The average molecular weight is 997 g/mol. The first kappa shape index (κ1) is 67.5. The molecule has 0 aromatic rings. The third kappa shape index (κ3) is 55.7. The van der Waals surface area contributed by atoms with Gasteiger partial charge in [0.15, 0.2) is 6.10 Å². The van der Waals surface area contributed by atoms with E-state index in [1.807, 2.05) is 21.1 Å². The number of nitrogens with zero attached hydrogens (tertiary/aromatic N) is 1. The number of unbranched alkanes of at least 4 members (excludes halogenated alkanes) is 37. The first-order valence-electron chi connectivity index (χ1n) is 29.5. The van der Waals surface area contributed by atoms with Crippen LogP contribution in [-0.2, 0) is 32.7 Å². The Kier molecular flexibility index (Phi) is 50.3. The fraction of sp³-hybridized carbons (Fsp3) is 0.898. The van der Waals surface area contributed by atoms with Gasteiger partial charge in [-0.2, -0.15) is 0 Å². The second-order valence-corrected chi connectivity index (χ2v) is 22.8. The number of ether oxygens (including phenoxy) is 2. The third-order valence-corrected chi connectivity index (χ3v) is 14.2. The molecule has 0 aromatic heterocycles. The molecule has 0 aliphatic rings. The molecule has 2 unspecified atom stereocenters. The van der Waals surface area contributed by atoms with Gasteiger partial charge in [0.1, 0.15) is 19.8 Å². The molecule has 0 fully saturated rings. The largest absolute Gasteiger partial charge is 0.756 e. The molecular formula is C59H114NO8P. The molecule has 9 nitrogen and oxygen atoms in total. The smallest absolute Gasteiger partial charge is 0.306 e. The van der Waals surface area contributed by atoms with E-state index in [9.17, 15) is 19.0 Å². The molecule has 0 rings (SSSR count). The number of hydrogen-bond donors (Lipinski definition) is 0. The number of esters is 2. The van der Waals surface area contributed by atoms with Gasteiger partial charge in [-0.15, -0.1) is 0 Å². The number of quaternary nitrogens is 1. The van der Waals surface area contributed by atoms with Crippen LogP contribution in [0.15, 0.2) is 24.3 Å². The number of hydrogen-bond acceptors (Lipinski definition) is 8. The predicted octanol–water partition coefficient (Wildman–Crippen LogP) is 17.6. The van der Waals surface area contributed by atoms with E-state index in [-0.39, 0.29) is 32.0 Å². The van der Waals surface area contributed by atoms with Crippen LogP contribution >= 0.6 is 7.82 Å². The van der Waals surface area contributed by atoms with Crippen LogP contribution in [0.25, 0.3) is 0 Å². The first-order valence-corrected chi connectivity index (χ1v) is 31.0. The van der Waals surface area contributed by atoms with Crippen molar-refractivity contribution in [1.29, 1.82) is 0 Å². The molecule has 0 aliphatic carbocycles. The third-order valence-electron chi connectivity index (χ3n) is 13.2. The Morgan fingerprint density at radius 1 is 0.435 bits per heavy atom. The van der Waals surface area contributed by atoms with Crippen LogP contribution < -0.4 is 4.89 Å². The van der Waals surface area contributed by atoms with Crippen LogP contribution in [0, 0.1) is 0 Å². The van der Waals surface area contributed by atoms with Crippen LogP contribution in [0.1, 0.15) is 290 Å². The molecular weight excluding hydrogens is 882 g/mol. The Morgan fingerprint density at radius 3 is 1.10 bits per heavy atom. The minimum atomic E-state index is -4.63. The molecule has 0 N–H and O–H groups in total. The van der Waals surface area contributed by atoms with Crippen molar-refractivity contribution >= 4 is 19.8 Å². The van der Waals surface area contributed by atoms with Crippen molar-refractivity contribution in [2.75, 3.05) is 47.5 Å². The Bertz CT molecular complexity index is 1220. The summed E-state index contributed by atoms with van der Waals surface area (Å²) in [6, 6.07) is 0. The number of carbonyl (C=O) groups is 2. The molecule has 0 heterocycles. The summed E-state index contributed by atoms with van der Waals surface area (Å²) in [5.41, 5.74) is 0. The number of phosphoric acid groups is 1. The maximum Gasteiger partial charge on any atom is 0.306 e. The molecule has 0 radical (unpaired) electrons. The van der Waals surface area contributed by atoms with Gasteiger partial charge in [0, 0.05) is 12.8 Å². The minimum absolute atomic E-state index is 0.0295. The summed E-state index contributed by atoms with van der Waals surface area (Å²) < 4.78 is 34.1. The molecule has 0 aromatic carbocycles. The Labute approximate surface area is 428 Å². The van der Waals surface area contributed by atoms with Crippen LogP contribution in [0.4, 0.5) is 0 Å². The van der Waals surface area contributed by atoms with Crippen molar-refractivity contribution in [3.8, 4) is 0 Å². The van der Waals surface area contributed by atoms with E-state index >= 15 is 0 Å². The lowest BCUT2D eigenvalue weighted by Gasteiger charge is -2.28. The van der Waals surface area contributed by atoms with Gasteiger partial charge < -0.3 is 27.9 Å². The van der Waals surface area contributed by atoms with Gasteiger partial charge in [0.05, 0.1) is 27.7 Å². The van der Waals surface area contributed by atoms with Crippen molar-refractivity contribution in [2.45, 2.75) is 296 Å². The summed E-state index contributed by atoms with van der Waals surface area (Å²) in [6.45, 7) is 4.24. The van der Waals surface area contributed by atoms with Crippen molar-refractivity contribution < 1.29 is 42.1 Å². The SMILES string of the molecule is CCCCC/C=C\CCCCCCCC(=O)OCC(COP(=O)([O-])OCC[N+](C)(C)C)OC(=O)CCCCCCCCCCCCCCCCCCCCCCC/C=C\CCCCCCCCCC. The number of likely N-dealkylation sites (N-methyl/N-ethyl adjacent to an activating group) is 1. The van der Waals surface area contributed by atoms with Gasteiger partial charge in [-0.1, -0.05) is 237 Å². The summed E-state index contributed by atoms with van der Waals surface area (Å²) in [4.78, 5) is 37.7. The van der Waals surface area contributed by atoms with E-state index in [2.05, 4.69) is 38.2 Å². The van der Waals surface area contributed by atoms with Crippen LogP contribution in [0.5, 0.6) is 0 Å². The summed E-state index contributed by atoms with van der Waals surface area (Å²) in [5.74, 6) is -0.831. The minimum Gasteiger partial charge on any atom is -0.756 e. The fourth-order valence-corrected chi connectivity index (χ4v) is 9.32. The van der Waals surface area contributed by atoms with Crippen molar-refractivity contribution in [1.82, 2.24) is 0 Å². The molecule has 0 bridgehead atoms. The van der Waals surface area contributed by atoms with Gasteiger partial charge in [-0.3, -0.25) is 14.2 Å². The maximum absolute atomic E-state index is 12.8. The van der Waals surface area contributed by atoms with Crippen molar-refractivity contribution in [3.05, 3.63) is 24.3 Å². The highest BCUT2D eigenvalue weighted by Crippen LogP contribution is 2.38. The van der Waals surface area contributed by atoms with Crippen molar-refractivity contribution in [2.24, 2.45) is 0 Å². The van der Waals surface area contributed by atoms with Crippen LogP contribution in [-0.4, -0.2) is 70.0 Å². The average Bonchev–Trinajstić information content (AvgIpc) is 3.31. The van der Waals surface area contributed by atoms with Crippen LogP contribution in [0.3, 0.4) is 0 Å². The number of carbonyl (C=O) groups excluding carboxylic acids is 2. The van der Waals surface area contributed by atoms with E-state index in [0.29, 0.717) is 17.4 Å². The standard InChI is InChI=1S/C59H114NO8P/c1-6-8-10-12-14-16-18-20-21-22-23-24-25-26-27-28-29-30-31-32-33-34-35-36-37-38-39-40-42-44-46-48-50-52-59(62)68-57(56-67-69(63,64)66-54-53-60(3,4)5)55-65-58(61)51-49-47-45-43-41-19-17-15-13-11-9-7-2/h15,17,22-23,57H,6-14,16,18-21,24-56H2,1-5H3/b17-15-,23-22-. The Balaban J connectivity index is 3.95. The zero-order chi connectivity index (χ0) is 50.6. The molecule has 0 saturated carbocycles. The van der Waals surface area contributed by atoms with Crippen molar-refractivity contribution in [3.63, 3.8) is 0 Å². The molecule has 69 heavy (non-hydrogen) atoms. The topological polar surface area (TPSA) is 111 Å². The van der Waals surface area contributed by atoms with Gasteiger partial charge in [-0.05, 0) is 64.2 Å². The molecule has 408 valence electrons. The van der Waals surface area contributed by atoms with Gasteiger partial charge in [0.25, 0.3) is 7.82 Å². The predicted molar refractivity (Wildman–Crippen MR) is 291 cm³/mol. The van der Waals surface area contributed by atoms with Gasteiger partial charge >= 0.3 is 11.9 Å². The second kappa shape index (κ2) is 51.4. The highest BCUT2D eigenvalue weighted by Gasteiger charge is 2.22. The van der Waals surface area contributed by atoms with Gasteiger partial charge in [-0.25, -0.2) is 0 Å². The summed E-state index contributed by atoms with van der Waals surface area (Å²) in [6.07, 6.45) is 61.1. The Morgan fingerprint density at radius 2 is 0.739 bits per heavy atom. The molecule has 0 aliphatic heterocycles. The highest BCUT2D eigenvalue weighted by molar-refractivity contribution is 7.45. The van der Waals surface area contributed by atoms with E-state index in [0.717, 1.165) is 51.4 Å². The van der Waals surface area contributed by atoms with E-state index in [1.54, 1.807) is 0 Å². The number of phosphoric ester groups is 1. The lowest BCUT2D eigenvalue weighted by Crippen LogP contribution is -2.37. The maximum atomic E-state index is 12.8. The lowest BCUT2D eigenvalue weighted by atomic mass is 10.0. The zero-order valence-corrected chi connectivity index (χ0v) is 47.2. The van der Waals surface area contributed by atoms with E-state index in [1.165, 1.54) is 205 Å². The zero-order valence-electron chi connectivity index (χ0n) is 46.3.